The molecule has 0 unspecified atom stereocenters. The fraction of sp³-hybridized carbons (Fsp3) is 0.471. The van der Waals surface area contributed by atoms with E-state index < -0.39 is 0 Å². The molecule has 1 aromatic heterocycles. The Balaban J connectivity index is 2.12. The van der Waals surface area contributed by atoms with Gasteiger partial charge in [-0.2, -0.15) is 0 Å². The molecule has 0 aliphatic carbocycles. The van der Waals surface area contributed by atoms with Crippen LogP contribution in [-0.2, 0) is 4.74 Å². The highest BCUT2D eigenvalue weighted by molar-refractivity contribution is 5.46. The van der Waals surface area contributed by atoms with Crippen molar-refractivity contribution in [3.8, 4) is 5.69 Å². The van der Waals surface area contributed by atoms with Gasteiger partial charge in [-0.05, 0) is 57.4 Å². The Morgan fingerprint density at radius 1 is 1.14 bits per heavy atom. The summed E-state index contributed by atoms with van der Waals surface area (Å²) in [6, 6.07) is 6.54. The molecular formula is C17H25N3O. The Labute approximate surface area is 127 Å². The number of ether oxygens (including phenoxy) is 1. The highest BCUT2D eigenvalue weighted by Crippen LogP contribution is 2.19. The summed E-state index contributed by atoms with van der Waals surface area (Å²) >= 11 is 0. The van der Waals surface area contributed by atoms with Crippen LogP contribution in [0, 0.1) is 20.8 Å². The first-order valence-electron chi connectivity index (χ1n) is 7.56. The standard InChI is InChI=1S/C17H25N3O/c1-5-21-8-6-7-18-17-19-15(4)12-20(17)16-10-13(2)9-14(3)11-16/h9-12H,5-8H2,1-4H3,(H,18,19). The fourth-order valence-electron chi connectivity index (χ4n) is 2.43. The summed E-state index contributed by atoms with van der Waals surface area (Å²) in [5, 5.41) is 3.40. The molecule has 0 atom stereocenters. The zero-order valence-corrected chi connectivity index (χ0v) is 13.4. The minimum absolute atomic E-state index is 0.774. The van der Waals surface area contributed by atoms with Crippen LogP contribution in [0.4, 0.5) is 5.95 Å². The van der Waals surface area contributed by atoms with Crippen LogP contribution in [0.25, 0.3) is 5.69 Å². The number of imidazole rings is 1. The molecule has 0 amide bonds. The molecule has 21 heavy (non-hydrogen) atoms. The number of benzene rings is 1. The number of aryl methyl sites for hydroxylation is 3. The predicted octanol–water partition coefficient (Wildman–Crippen LogP) is 3.64. The summed E-state index contributed by atoms with van der Waals surface area (Å²) in [6.07, 6.45) is 3.05. The molecule has 0 saturated heterocycles. The molecule has 1 N–H and O–H groups in total. The van der Waals surface area contributed by atoms with Crippen LogP contribution in [0.3, 0.4) is 0 Å². The summed E-state index contributed by atoms with van der Waals surface area (Å²) in [4.78, 5) is 4.58. The third-order valence-corrected chi connectivity index (χ3v) is 3.26. The number of rotatable bonds is 7. The van der Waals surface area contributed by atoms with Crippen LogP contribution in [0.5, 0.6) is 0 Å². The van der Waals surface area contributed by atoms with Gasteiger partial charge in [0.1, 0.15) is 0 Å². The average molecular weight is 287 g/mol. The molecular weight excluding hydrogens is 262 g/mol. The number of nitrogens with one attached hydrogen (secondary N) is 1. The van der Waals surface area contributed by atoms with Gasteiger partial charge in [0.2, 0.25) is 5.95 Å². The van der Waals surface area contributed by atoms with Crippen molar-refractivity contribution in [2.75, 3.05) is 25.1 Å². The lowest BCUT2D eigenvalue weighted by Gasteiger charge is -2.11. The predicted molar refractivity (Wildman–Crippen MR) is 87.4 cm³/mol. The molecule has 0 saturated carbocycles. The van der Waals surface area contributed by atoms with E-state index in [4.69, 9.17) is 4.74 Å². The van der Waals surface area contributed by atoms with E-state index in [1.807, 2.05) is 13.8 Å². The molecule has 4 nitrogen and oxygen atoms in total. The lowest BCUT2D eigenvalue weighted by Crippen LogP contribution is -2.10. The molecule has 2 aromatic rings. The van der Waals surface area contributed by atoms with E-state index in [2.05, 4.69) is 53.1 Å². The maximum Gasteiger partial charge on any atom is 0.207 e. The first-order valence-corrected chi connectivity index (χ1v) is 7.56. The summed E-state index contributed by atoms with van der Waals surface area (Å²) < 4.78 is 7.48. The van der Waals surface area contributed by atoms with Crippen LogP contribution in [0.2, 0.25) is 0 Å². The third-order valence-electron chi connectivity index (χ3n) is 3.26. The van der Waals surface area contributed by atoms with Crippen LogP contribution < -0.4 is 5.32 Å². The van der Waals surface area contributed by atoms with Crippen molar-refractivity contribution in [1.82, 2.24) is 9.55 Å². The molecule has 0 radical (unpaired) electrons. The van der Waals surface area contributed by atoms with Crippen molar-refractivity contribution in [3.63, 3.8) is 0 Å². The Hall–Kier alpha value is -1.81. The minimum Gasteiger partial charge on any atom is -0.382 e. The monoisotopic (exact) mass is 287 g/mol. The van der Waals surface area contributed by atoms with Gasteiger partial charge >= 0.3 is 0 Å². The van der Waals surface area contributed by atoms with E-state index >= 15 is 0 Å². The molecule has 114 valence electrons. The smallest absolute Gasteiger partial charge is 0.207 e. The largest absolute Gasteiger partial charge is 0.382 e. The van der Waals surface area contributed by atoms with Crippen molar-refractivity contribution >= 4 is 5.95 Å². The van der Waals surface area contributed by atoms with Crippen molar-refractivity contribution in [2.45, 2.75) is 34.1 Å². The van der Waals surface area contributed by atoms with Gasteiger partial charge in [0.25, 0.3) is 0 Å². The molecule has 0 aliphatic rings. The van der Waals surface area contributed by atoms with E-state index in [1.165, 1.54) is 11.1 Å². The topological polar surface area (TPSA) is 39.1 Å². The SMILES string of the molecule is CCOCCCNc1nc(C)cn1-c1cc(C)cc(C)c1. The van der Waals surface area contributed by atoms with Gasteiger partial charge in [0.05, 0.1) is 5.69 Å². The molecule has 1 aromatic carbocycles. The number of hydrogen-bond acceptors (Lipinski definition) is 3. The molecule has 0 spiro atoms. The lowest BCUT2D eigenvalue weighted by atomic mass is 10.1. The first-order chi connectivity index (χ1) is 10.1. The highest BCUT2D eigenvalue weighted by atomic mass is 16.5. The minimum atomic E-state index is 0.774. The quantitative estimate of drug-likeness (QED) is 0.790. The second-order valence-corrected chi connectivity index (χ2v) is 5.40. The first kappa shape index (κ1) is 15.6. The highest BCUT2D eigenvalue weighted by Gasteiger charge is 2.08. The van der Waals surface area contributed by atoms with Crippen LogP contribution in [0.1, 0.15) is 30.2 Å². The Bertz CT molecular complexity index is 569. The number of hydrogen-bond donors (Lipinski definition) is 1. The van der Waals surface area contributed by atoms with E-state index in [-0.39, 0.29) is 0 Å². The normalized spacial score (nSPS) is 10.9. The lowest BCUT2D eigenvalue weighted by molar-refractivity contribution is 0.147. The molecule has 0 aliphatic heterocycles. The molecule has 0 fully saturated rings. The van der Waals surface area contributed by atoms with E-state index in [1.54, 1.807) is 0 Å². The van der Waals surface area contributed by atoms with E-state index in [0.717, 1.165) is 43.5 Å². The van der Waals surface area contributed by atoms with Crippen LogP contribution in [0.15, 0.2) is 24.4 Å². The van der Waals surface area contributed by atoms with Crippen molar-refractivity contribution in [2.24, 2.45) is 0 Å². The average Bonchev–Trinajstić information content (AvgIpc) is 2.78. The number of nitrogens with zero attached hydrogens (tertiary/aromatic N) is 2. The van der Waals surface area contributed by atoms with Gasteiger partial charge < -0.3 is 10.1 Å². The van der Waals surface area contributed by atoms with Gasteiger partial charge in [-0.25, -0.2) is 4.98 Å². The van der Waals surface area contributed by atoms with Crippen LogP contribution in [-0.4, -0.2) is 29.3 Å². The maximum atomic E-state index is 5.36. The van der Waals surface area contributed by atoms with E-state index in [9.17, 15) is 0 Å². The fourth-order valence-corrected chi connectivity index (χ4v) is 2.43. The second kappa shape index (κ2) is 7.27. The molecule has 0 bridgehead atoms. The molecule has 4 heteroatoms. The number of anilines is 1. The van der Waals surface area contributed by atoms with E-state index in [0.29, 0.717) is 0 Å². The summed E-state index contributed by atoms with van der Waals surface area (Å²) in [5.74, 6) is 0.897. The Kier molecular flexibility index (Phi) is 5.39. The van der Waals surface area contributed by atoms with Gasteiger partial charge in [-0.1, -0.05) is 6.07 Å². The summed E-state index contributed by atoms with van der Waals surface area (Å²) in [6.45, 7) is 10.7. The number of aromatic nitrogens is 2. The summed E-state index contributed by atoms with van der Waals surface area (Å²) in [5.41, 5.74) is 4.69. The molecule has 1 heterocycles. The maximum absolute atomic E-state index is 5.36. The van der Waals surface area contributed by atoms with Gasteiger partial charge in [0.15, 0.2) is 0 Å². The zero-order valence-electron chi connectivity index (χ0n) is 13.4. The zero-order chi connectivity index (χ0) is 15.2. The third kappa shape index (κ3) is 4.33. The van der Waals surface area contributed by atoms with Gasteiger partial charge in [-0.3, -0.25) is 4.57 Å². The van der Waals surface area contributed by atoms with Gasteiger partial charge in [-0.15, -0.1) is 0 Å². The molecule has 2 rings (SSSR count). The Morgan fingerprint density at radius 3 is 2.52 bits per heavy atom. The second-order valence-electron chi connectivity index (χ2n) is 5.40. The van der Waals surface area contributed by atoms with Crippen molar-refractivity contribution in [3.05, 3.63) is 41.2 Å². The summed E-state index contributed by atoms with van der Waals surface area (Å²) in [7, 11) is 0. The van der Waals surface area contributed by atoms with Crippen LogP contribution >= 0.6 is 0 Å². The Morgan fingerprint density at radius 2 is 1.86 bits per heavy atom. The van der Waals surface area contributed by atoms with Gasteiger partial charge in [0, 0.05) is 31.6 Å². The van der Waals surface area contributed by atoms with Crippen molar-refractivity contribution < 1.29 is 4.74 Å². The van der Waals surface area contributed by atoms with Crippen molar-refractivity contribution in [1.29, 1.82) is 0 Å².